The Balaban J connectivity index is 3.49. The minimum atomic E-state index is 0.0668. The van der Waals surface area contributed by atoms with E-state index >= 15 is 0 Å². The highest BCUT2D eigenvalue weighted by Crippen LogP contribution is 2.05. The summed E-state index contributed by atoms with van der Waals surface area (Å²) in [6.07, 6.45) is 2.36. The van der Waals surface area contributed by atoms with Crippen molar-refractivity contribution >= 4 is 0 Å². The SMILES string of the molecule is CCC(CCCO)N=[N+]=[N-]. The van der Waals surface area contributed by atoms with Gasteiger partial charge in [-0.2, -0.15) is 0 Å². The number of hydrogen-bond acceptors (Lipinski definition) is 2. The number of rotatable bonds is 5. The van der Waals surface area contributed by atoms with E-state index in [1.54, 1.807) is 0 Å². The zero-order valence-electron chi connectivity index (χ0n) is 6.19. The van der Waals surface area contributed by atoms with Crippen molar-refractivity contribution in [3.63, 3.8) is 0 Å². The monoisotopic (exact) mass is 143 g/mol. The van der Waals surface area contributed by atoms with E-state index in [1.807, 2.05) is 6.92 Å². The van der Waals surface area contributed by atoms with Gasteiger partial charge >= 0.3 is 0 Å². The van der Waals surface area contributed by atoms with Gasteiger partial charge in [-0.3, -0.25) is 0 Å². The van der Waals surface area contributed by atoms with Gasteiger partial charge in [0, 0.05) is 17.6 Å². The number of nitrogens with zero attached hydrogens (tertiary/aromatic N) is 3. The van der Waals surface area contributed by atoms with Crippen LogP contribution in [0, 0.1) is 0 Å². The van der Waals surface area contributed by atoms with Crippen molar-refractivity contribution in [2.24, 2.45) is 5.11 Å². The Labute approximate surface area is 60.5 Å². The molecule has 1 N–H and O–H groups in total. The lowest BCUT2D eigenvalue weighted by molar-refractivity contribution is 0.279. The summed E-state index contributed by atoms with van der Waals surface area (Å²) in [5, 5.41) is 12.0. The van der Waals surface area contributed by atoms with Crippen LogP contribution in [0.15, 0.2) is 5.11 Å². The lowest BCUT2D eigenvalue weighted by Crippen LogP contribution is -2.01. The van der Waals surface area contributed by atoms with Gasteiger partial charge in [0.2, 0.25) is 0 Å². The number of aliphatic hydroxyl groups is 1. The van der Waals surface area contributed by atoms with Crippen LogP contribution in [0.25, 0.3) is 10.4 Å². The molecule has 0 aromatic carbocycles. The van der Waals surface area contributed by atoms with Gasteiger partial charge in [0.1, 0.15) is 0 Å². The second-order valence-electron chi connectivity index (χ2n) is 2.13. The predicted molar refractivity (Wildman–Crippen MR) is 39.5 cm³/mol. The highest BCUT2D eigenvalue weighted by atomic mass is 16.2. The molecule has 0 aliphatic carbocycles. The molecule has 4 nitrogen and oxygen atoms in total. The molecule has 0 aromatic heterocycles. The van der Waals surface area contributed by atoms with Gasteiger partial charge in [-0.1, -0.05) is 12.0 Å². The average molecular weight is 143 g/mol. The van der Waals surface area contributed by atoms with E-state index in [0.29, 0.717) is 0 Å². The molecule has 1 atom stereocenters. The number of azide groups is 1. The van der Waals surface area contributed by atoms with Crippen LogP contribution in [0.5, 0.6) is 0 Å². The van der Waals surface area contributed by atoms with Crippen LogP contribution in [-0.2, 0) is 0 Å². The van der Waals surface area contributed by atoms with Crippen molar-refractivity contribution in [1.29, 1.82) is 0 Å². The van der Waals surface area contributed by atoms with Crippen molar-refractivity contribution < 1.29 is 5.11 Å². The summed E-state index contributed by atoms with van der Waals surface area (Å²) in [5.41, 5.74) is 8.06. The molecule has 0 radical (unpaired) electrons. The smallest absolute Gasteiger partial charge is 0.0431 e. The van der Waals surface area contributed by atoms with E-state index in [-0.39, 0.29) is 12.6 Å². The number of aliphatic hydroxyl groups excluding tert-OH is 1. The Kier molecular flexibility index (Phi) is 5.92. The summed E-state index contributed by atoms with van der Waals surface area (Å²) in [5.74, 6) is 0. The van der Waals surface area contributed by atoms with Crippen LogP contribution >= 0.6 is 0 Å². The van der Waals surface area contributed by atoms with E-state index in [4.69, 9.17) is 10.6 Å². The van der Waals surface area contributed by atoms with E-state index in [9.17, 15) is 0 Å². The van der Waals surface area contributed by atoms with Gasteiger partial charge in [0.15, 0.2) is 0 Å². The molecule has 4 heteroatoms. The average Bonchev–Trinajstić information content (AvgIpc) is 1.98. The van der Waals surface area contributed by atoms with E-state index < -0.39 is 0 Å². The molecule has 0 bridgehead atoms. The lowest BCUT2D eigenvalue weighted by Gasteiger charge is -2.04. The molecule has 0 aliphatic rings. The third kappa shape index (κ3) is 4.18. The molecule has 0 aromatic rings. The summed E-state index contributed by atoms with van der Waals surface area (Å²) >= 11 is 0. The van der Waals surface area contributed by atoms with Gasteiger partial charge in [-0.05, 0) is 24.8 Å². The third-order valence-electron chi connectivity index (χ3n) is 1.38. The van der Waals surface area contributed by atoms with Gasteiger partial charge in [0.25, 0.3) is 0 Å². The minimum Gasteiger partial charge on any atom is -0.396 e. The molecule has 10 heavy (non-hydrogen) atoms. The molecule has 0 spiro atoms. The molecule has 0 aliphatic heterocycles. The molecular formula is C6H13N3O. The summed E-state index contributed by atoms with van der Waals surface area (Å²) in [6.45, 7) is 2.15. The van der Waals surface area contributed by atoms with Crippen LogP contribution in [0.1, 0.15) is 26.2 Å². The van der Waals surface area contributed by atoms with Crippen molar-refractivity contribution in [2.75, 3.05) is 6.61 Å². The van der Waals surface area contributed by atoms with E-state index in [0.717, 1.165) is 19.3 Å². The van der Waals surface area contributed by atoms with Crippen LogP contribution in [0.2, 0.25) is 0 Å². The molecule has 0 fully saturated rings. The molecule has 1 unspecified atom stereocenters. The highest BCUT2D eigenvalue weighted by Gasteiger charge is 2.00. The molecule has 0 saturated carbocycles. The van der Waals surface area contributed by atoms with Crippen LogP contribution < -0.4 is 0 Å². The number of hydrogen-bond donors (Lipinski definition) is 1. The van der Waals surface area contributed by atoms with Crippen molar-refractivity contribution in [3.05, 3.63) is 10.4 Å². The van der Waals surface area contributed by atoms with Crippen LogP contribution in [0.3, 0.4) is 0 Å². The van der Waals surface area contributed by atoms with Gasteiger partial charge < -0.3 is 5.11 Å². The largest absolute Gasteiger partial charge is 0.396 e. The van der Waals surface area contributed by atoms with Crippen LogP contribution in [0.4, 0.5) is 0 Å². The molecule has 0 amide bonds. The molecule has 0 heterocycles. The fourth-order valence-electron chi connectivity index (χ4n) is 0.743. The second-order valence-corrected chi connectivity index (χ2v) is 2.13. The first-order chi connectivity index (χ1) is 4.85. The normalized spacial score (nSPS) is 12.2. The van der Waals surface area contributed by atoms with E-state index in [2.05, 4.69) is 10.0 Å². The standard InChI is InChI=1S/C6H13N3O/c1-2-6(8-9-7)4-3-5-10/h6,10H,2-5H2,1H3. The zero-order valence-corrected chi connectivity index (χ0v) is 6.19. The summed E-state index contributed by atoms with van der Waals surface area (Å²) in [6, 6.07) is 0.0668. The van der Waals surface area contributed by atoms with Crippen LogP contribution in [-0.4, -0.2) is 17.8 Å². The Bertz CT molecular complexity index is 120. The minimum absolute atomic E-state index is 0.0668. The molecule has 58 valence electrons. The Hall–Kier alpha value is -0.730. The summed E-state index contributed by atoms with van der Waals surface area (Å²) < 4.78 is 0. The lowest BCUT2D eigenvalue weighted by atomic mass is 10.1. The Morgan fingerprint density at radius 3 is 2.80 bits per heavy atom. The maximum absolute atomic E-state index is 8.44. The van der Waals surface area contributed by atoms with Gasteiger partial charge in [-0.15, -0.1) is 0 Å². The maximum atomic E-state index is 8.44. The second kappa shape index (κ2) is 6.39. The highest BCUT2D eigenvalue weighted by molar-refractivity contribution is 4.63. The topological polar surface area (TPSA) is 69.0 Å². The van der Waals surface area contributed by atoms with Crippen molar-refractivity contribution in [2.45, 2.75) is 32.2 Å². The zero-order chi connectivity index (χ0) is 7.82. The molecule has 0 saturated heterocycles. The summed E-state index contributed by atoms with van der Waals surface area (Å²) in [4.78, 5) is 2.70. The Morgan fingerprint density at radius 2 is 2.40 bits per heavy atom. The quantitative estimate of drug-likeness (QED) is 0.356. The predicted octanol–water partition coefficient (Wildman–Crippen LogP) is 1.85. The van der Waals surface area contributed by atoms with Gasteiger partial charge in [0.05, 0.1) is 0 Å². The third-order valence-corrected chi connectivity index (χ3v) is 1.38. The van der Waals surface area contributed by atoms with Crippen molar-refractivity contribution in [1.82, 2.24) is 0 Å². The first-order valence-electron chi connectivity index (χ1n) is 3.50. The first kappa shape index (κ1) is 9.27. The fourth-order valence-corrected chi connectivity index (χ4v) is 0.743. The molecule has 0 rings (SSSR count). The first-order valence-corrected chi connectivity index (χ1v) is 3.50. The fraction of sp³-hybridized carbons (Fsp3) is 1.00. The Morgan fingerprint density at radius 1 is 1.70 bits per heavy atom. The van der Waals surface area contributed by atoms with Crippen molar-refractivity contribution in [3.8, 4) is 0 Å². The van der Waals surface area contributed by atoms with Gasteiger partial charge in [-0.25, -0.2) is 0 Å². The summed E-state index contributed by atoms with van der Waals surface area (Å²) in [7, 11) is 0. The molecular weight excluding hydrogens is 130 g/mol. The maximum Gasteiger partial charge on any atom is 0.0431 e. The van der Waals surface area contributed by atoms with E-state index in [1.165, 1.54) is 0 Å².